The first-order chi connectivity index (χ1) is 12.2. The molecule has 0 aliphatic heterocycles. The van der Waals surface area contributed by atoms with Crippen molar-refractivity contribution in [1.82, 2.24) is 10.3 Å². The molecule has 3 aromatic rings. The Morgan fingerprint density at radius 1 is 1.32 bits per heavy atom. The number of ether oxygens (including phenoxy) is 1. The third-order valence-corrected chi connectivity index (χ3v) is 4.01. The minimum atomic E-state index is -0.271. The highest BCUT2D eigenvalue weighted by molar-refractivity contribution is 5.99. The van der Waals surface area contributed by atoms with E-state index < -0.39 is 0 Å². The molecule has 0 fully saturated rings. The number of carbonyl (C=O) groups excluding carboxylic acids is 1. The summed E-state index contributed by atoms with van der Waals surface area (Å²) in [7, 11) is 1.60. The average molecular weight is 336 g/mol. The zero-order valence-electron chi connectivity index (χ0n) is 14.1. The van der Waals surface area contributed by atoms with E-state index in [1.165, 1.54) is 0 Å². The van der Waals surface area contributed by atoms with Crippen LogP contribution in [0.1, 0.15) is 34.1 Å². The number of fused-ring (bicyclic) bond motifs is 1. The number of nitrogens with one attached hydrogen (secondary N) is 1. The summed E-state index contributed by atoms with van der Waals surface area (Å²) in [6.45, 7) is 4.08. The topological polar surface area (TPSA) is 64.4 Å². The largest absolute Gasteiger partial charge is 0.451 e. The third-order valence-electron chi connectivity index (χ3n) is 4.01. The van der Waals surface area contributed by atoms with Gasteiger partial charge >= 0.3 is 0 Å². The molecular weight excluding hydrogens is 316 g/mol. The first kappa shape index (κ1) is 16.9. The van der Waals surface area contributed by atoms with Crippen molar-refractivity contribution < 1.29 is 13.9 Å². The Morgan fingerprint density at radius 2 is 2.08 bits per heavy atom. The van der Waals surface area contributed by atoms with Gasteiger partial charge in [0.2, 0.25) is 0 Å². The summed E-state index contributed by atoms with van der Waals surface area (Å²) < 4.78 is 11.1. The van der Waals surface area contributed by atoms with Crippen molar-refractivity contribution in [1.29, 1.82) is 0 Å². The Morgan fingerprint density at radius 3 is 2.80 bits per heavy atom. The van der Waals surface area contributed by atoms with Gasteiger partial charge in [0, 0.05) is 30.5 Å². The van der Waals surface area contributed by atoms with Crippen molar-refractivity contribution in [3.05, 3.63) is 78.3 Å². The Bertz CT molecular complexity index is 871. The predicted octanol–water partition coefficient (Wildman–Crippen LogP) is 4.02. The highest BCUT2D eigenvalue weighted by Gasteiger charge is 2.23. The fourth-order valence-corrected chi connectivity index (χ4v) is 2.83. The maximum atomic E-state index is 12.9. The number of hydrogen-bond donors (Lipinski definition) is 1. The Labute approximate surface area is 146 Å². The van der Waals surface area contributed by atoms with Gasteiger partial charge in [-0.2, -0.15) is 0 Å². The van der Waals surface area contributed by atoms with E-state index in [1.807, 2.05) is 36.4 Å². The number of nitrogens with zero attached hydrogens (tertiary/aromatic N) is 1. The minimum Gasteiger partial charge on any atom is -0.451 e. The molecule has 0 radical (unpaired) electrons. The van der Waals surface area contributed by atoms with Gasteiger partial charge in [-0.15, -0.1) is 6.58 Å². The first-order valence-corrected chi connectivity index (χ1v) is 8.05. The predicted molar refractivity (Wildman–Crippen MR) is 96.2 cm³/mol. The zero-order chi connectivity index (χ0) is 17.6. The summed E-state index contributed by atoms with van der Waals surface area (Å²) in [4.78, 5) is 16.9. The fourth-order valence-electron chi connectivity index (χ4n) is 2.83. The Hall–Kier alpha value is -2.92. The van der Waals surface area contributed by atoms with Crippen LogP contribution in [0.2, 0.25) is 0 Å². The number of methoxy groups -OCH3 is 1. The molecule has 0 saturated carbocycles. The smallest absolute Gasteiger partial charge is 0.287 e. The van der Waals surface area contributed by atoms with Gasteiger partial charge in [-0.3, -0.25) is 9.78 Å². The molecule has 0 aliphatic carbocycles. The molecule has 2 aromatic heterocycles. The second kappa shape index (κ2) is 7.77. The molecule has 2 heterocycles. The number of hydrogen-bond acceptors (Lipinski definition) is 4. The summed E-state index contributed by atoms with van der Waals surface area (Å²) >= 11 is 0. The van der Waals surface area contributed by atoms with Gasteiger partial charge in [-0.1, -0.05) is 24.3 Å². The molecule has 0 aliphatic rings. The molecule has 1 N–H and O–H groups in total. The summed E-state index contributed by atoms with van der Waals surface area (Å²) in [5.74, 6) is 0.0121. The van der Waals surface area contributed by atoms with Gasteiger partial charge < -0.3 is 14.5 Å². The lowest BCUT2D eigenvalue weighted by Gasteiger charge is -2.17. The summed E-state index contributed by atoms with van der Waals surface area (Å²) in [6, 6.07) is 11.1. The highest BCUT2D eigenvalue weighted by atomic mass is 16.5. The lowest BCUT2D eigenvalue weighted by Crippen LogP contribution is -2.28. The number of aromatic nitrogens is 1. The number of para-hydroxylation sites is 1. The van der Waals surface area contributed by atoms with Crippen LogP contribution >= 0.6 is 0 Å². The van der Waals surface area contributed by atoms with Crippen molar-refractivity contribution >= 4 is 16.9 Å². The summed E-state index contributed by atoms with van der Waals surface area (Å²) in [6.07, 6.45) is 5.79. The third kappa shape index (κ3) is 3.61. The molecule has 5 nitrogen and oxygen atoms in total. The van der Waals surface area contributed by atoms with Crippen LogP contribution in [0.4, 0.5) is 0 Å². The van der Waals surface area contributed by atoms with Gasteiger partial charge in [-0.25, -0.2) is 0 Å². The van der Waals surface area contributed by atoms with E-state index in [0.29, 0.717) is 18.6 Å². The van der Waals surface area contributed by atoms with E-state index in [2.05, 4.69) is 16.9 Å². The zero-order valence-corrected chi connectivity index (χ0v) is 14.1. The number of furan rings is 1. The van der Waals surface area contributed by atoms with Gasteiger partial charge in [0.1, 0.15) is 5.58 Å². The number of benzene rings is 1. The van der Waals surface area contributed by atoms with Crippen LogP contribution in [-0.2, 0) is 11.3 Å². The van der Waals surface area contributed by atoms with Crippen LogP contribution in [0.5, 0.6) is 0 Å². The molecule has 1 unspecified atom stereocenters. The SMILES string of the molecule is C=CCC(NC(=O)c1oc2ccccc2c1COC)c1ccncc1. The standard InChI is InChI=1S/C20H20N2O3/c1-3-6-17(14-9-11-21-12-10-14)22-20(23)19-16(13-24-2)15-7-4-5-8-18(15)25-19/h3-5,7-12,17H,1,6,13H2,2H3,(H,22,23). The average Bonchev–Trinajstić information content (AvgIpc) is 3.01. The lowest BCUT2D eigenvalue weighted by molar-refractivity contribution is 0.0904. The molecule has 3 rings (SSSR count). The van der Waals surface area contributed by atoms with E-state index >= 15 is 0 Å². The molecule has 1 atom stereocenters. The van der Waals surface area contributed by atoms with Crippen LogP contribution in [0.15, 0.2) is 65.9 Å². The molecule has 1 aromatic carbocycles. The first-order valence-electron chi connectivity index (χ1n) is 8.05. The van der Waals surface area contributed by atoms with E-state index in [0.717, 1.165) is 16.5 Å². The van der Waals surface area contributed by atoms with E-state index in [-0.39, 0.29) is 17.7 Å². The molecule has 0 bridgehead atoms. The van der Waals surface area contributed by atoms with E-state index in [9.17, 15) is 4.79 Å². The minimum absolute atomic E-state index is 0.198. The molecule has 0 saturated heterocycles. The number of carbonyl (C=O) groups is 1. The van der Waals surface area contributed by atoms with Crippen molar-refractivity contribution in [3.8, 4) is 0 Å². The molecule has 0 spiro atoms. The quantitative estimate of drug-likeness (QED) is 0.662. The summed E-state index contributed by atoms with van der Waals surface area (Å²) in [5, 5.41) is 3.91. The summed E-state index contributed by atoms with van der Waals surface area (Å²) in [5.41, 5.74) is 2.39. The molecule has 128 valence electrons. The Kier molecular flexibility index (Phi) is 5.26. The number of pyridine rings is 1. The van der Waals surface area contributed by atoms with Gasteiger partial charge in [-0.05, 0) is 30.2 Å². The van der Waals surface area contributed by atoms with Crippen molar-refractivity contribution in [2.24, 2.45) is 0 Å². The molecule has 5 heteroatoms. The highest BCUT2D eigenvalue weighted by Crippen LogP contribution is 2.27. The van der Waals surface area contributed by atoms with E-state index in [4.69, 9.17) is 9.15 Å². The van der Waals surface area contributed by atoms with Crippen LogP contribution in [0.25, 0.3) is 11.0 Å². The molecular formula is C20H20N2O3. The van der Waals surface area contributed by atoms with Crippen molar-refractivity contribution in [2.45, 2.75) is 19.1 Å². The Balaban J connectivity index is 1.93. The number of rotatable bonds is 7. The monoisotopic (exact) mass is 336 g/mol. The molecule has 1 amide bonds. The van der Waals surface area contributed by atoms with Crippen molar-refractivity contribution in [3.63, 3.8) is 0 Å². The second-order valence-electron chi connectivity index (χ2n) is 5.67. The van der Waals surface area contributed by atoms with Gasteiger partial charge in [0.15, 0.2) is 5.76 Å². The lowest BCUT2D eigenvalue weighted by atomic mass is 10.0. The van der Waals surface area contributed by atoms with Crippen molar-refractivity contribution in [2.75, 3.05) is 7.11 Å². The van der Waals surface area contributed by atoms with Crippen LogP contribution < -0.4 is 5.32 Å². The van der Waals surface area contributed by atoms with Gasteiger partial charge in [0.05, 0.1) is 12.6 Å². The maximum absolute atomic E-state index is 12.9. The van der Waals surface area contributed by atoms with Crippen LogP contribution in [0.3, 0.4) is 0 Å². The van der Waals surface area contributed by atoms with Crippen LogP contribution in [0, 0.1) is 0 Å². The van der Waals surface area contributed by atoms with Gasteiger partial charge in [0.25, 0.3) is 5.91 Å². The normalized spacial score (nSPS) is 12.0. The molecule has 25 heavy (non-hydrogen) atoms. The van der Waals surface area contributed by atoms with E-state index in [1.54, 1.807) is 25.6 Å². The second-order valence-corrected chi connectivity index (χ2v) is 5.67. The van der Waals surface area contributed by atoms with Crippen LogP contribution in [-0.4, -0.2) is 18.0 Å². The number of amides is 1. The maximum Gasteiger partial charge on any atom is 0.287 e. The fraction of sp³-hybridized carbons (Fsp3) is 0.200.